The van der Waals surface area contributed by atoms with Crippen molar-refractivity contribution in [2.24, 2.45) is 0 Å². The Morgan fingerprint density at radius 1 is 1.19 bits per heavy atom. The molecule has 3 rings (SSSR count). The summed E-state index contributed by atoms with van der Waals surface area (Å²) in [7, 11) is -3.50. The summed E-state index contributed by atoms with van der Waals surface area (Å²) in [4.78, 5) is 8.41. The molecule has 0 spiro atoms. The second kappa shape index (κ2) is 8.28. The molecule has 0 aliphatic carbocycles. The van der Waals surface area contributed by atoms with Crippen molar-refractivity contribution >= 4 is 21.7 Å². The van der Waals surface area contributed by atoms with Gasteiger partial charge in [-0.05, 0) is 37.1 Å². The molecule has 1 fully saturated rings. The Kier molecular flexibility index (Phi) is 6.03. The van der Waals surface area contributed by atoms with Crippen LogP contribution < -0.4 is 5.32 Å². The molecule has 2 aromatic heterocycles. The van der Waals surface area contributed by atoms with Crippen molar-refractivity contribution in [2.45, 2.75) is 32.7 Å². The van der Waals surface area contributed by atoms with Crippen LogP contribution in [0.5, 0.6) is 0 Å². The first-order valence-electron chi connectivity index (χ1n) is 9.07. The van der Waals surface area contributed by atoms with Crippen LogP contribution in [0.25, 0.3) is 0 Å². The number of hydrogen-bond acceptors (Lipinski definition) is 5. The van der Waals surface area contributed by atoms with E-state index < -0.39 is 16.0 Å². The average Bonchev–Trinajstić information content (AvgIpc) is 3.16. The molecule has 0 aromatic carbocycles. The van der Waals surface area contributed by atoms with Gasteiger partial charge in [0.1, 0.15) is 11.6 Å². The Balaban J connectivity index is 1.76. The fraction of sp³-hybridized carbons (Fsp3) is 0.444. The van der Waals surface area contributed by atoms with Crippen molar-refractivity contribution in [3.8, 4) is 0 Å². The van der Waals surface area contributed by atoms with Crippen LogP contribution in [-0.2, 0) is 10.2 Å². The second-order valence-corrected chi connectivity index (χ2v) is 8.20. The minimum atomic E-state index is -3.50. The highest BCUT2D eigenvalue weighted by atomic mass is 32.2. The van der Waals surface area contributed by atoms with E-state index in [1.807, 2.05) is 26.0 Å². The van der Waals surface area contributed by atoms with Crippen LogP contribution in [-0.4, -0.2) is 46.6 Å². The van der Waals surface area contributed by atoms with Crippen molar-refractivity contribution in [3.63, 3.8) is 0 Å². The van der Waals surface area contributed by atoms with Gasteiger partial charge in [0.25, 0.3) is 10.2 Å². The Morgan fingerprint density at radius 2 is 1.96 bits per heavy atom. The van der Waals surface area contributed by atoms with Crippen LogP contribution in [0.1, 0.15) is 38.4 Å². The van der Waals surface area contributed by atoms with Crippen LogP contribution in [0.4, 0.5) is 15.9 Å². The van der Waals surface area contributed by atoms with E-state index >= 15 is 0 Å². The molecule has 27 heavy (non-hydrogen) atoms. The van der Waals surface area contributed by atoms with E-state index in [0.717, 1.165) is 24.7 Å². The molecule has 1 atom stereocenters. The first-order chi connectivity index (χ1) is 13.0. The fourth-order valence-electron chi connectivity index (χ4n) is 3.28. The van der Waals surface area contributed by atoms with Gasteiger partial charge in [-0.25, -0.2) is 9.37 Å². The normalized spacial score (nSPS) is 18.1. The van der Waals surface area contributed by atoms with E-state index in [2.05, 4.69) is 15.3 Å². The fourth-order valence-corrected chi connectivity index (χ4v) is 5.13. The van der Waals surface area contributed by atoms with Gasteiger partial charge in [0.2, 0.25) is 0 Å². The minimum absolute atomic E-state index is 0.256. The van der Waals surface area contributed by atoms with Gasteiger partial charge in [-0.15, -0.1) is 0 Å². The standard InChI is InChI=1S/C18H24FN5O2S/c1-3-23(4-2)27(25,26)24-11-5-6-17(24)16-9-8-15(13-20-16)22-18-10-7-14(19)12-21-18/h7-10,12-13,17H,3-6,11H2,1-2H3,(H,21,22). The first-order valence-corrected chi connectivity index (χ1v) is 10.5. The largest absolute Gasteiger partial charge is 0.339 e. The van der Waals surface area contributed by atoms with Crippen molar-refractivity contribution in [3.05, 3.63) is 48.2 Å². The van der Waals surface area contributed by atoms with Crippen LogP contribution in [0, 0.1) is 5.82 Å². The molecule has 0 saturated carbocycles. The SMILES string of the molecule is CCN(CC)S(=O)(=O)N1CCCC1c1ccc(Nc2ccc(F)cn2)cn1. The van der Waals surface area contributed by atoms with Gasteiger partial charge in [-0.1, -0.05) is 13.8 Å². The summed E-state index contributed by atoms with van der Waals surface area (Å²) in [5.74, 6) is 0.113. The van der Waals surface area contributed by atoms with Crippen molar-refractivity contribution in [2.75, 3.05) is 25.0 Å². The number of nitrogens with zero attached hydrogens (tertiary/aromatic N) is 4. The van der Waals surface area contributed by atoms with Gasteiger partial charge >= 0.3 is 0 Å². The predicted octanol–water partition coefficient (Wildman–Crippen LogP) is 3.08. The third-order valence-corrected chi connectivity index (χ3v) is 6.86. The second-order valence-electron chi connectivity index (χ2n) is 6.32. The maximum atomic E-state index is 12.9. The number of anilines is 2. The molecule has 1 aliphatic heterocycles. The van der Waals surface area contributed by atoms with Crippen molar-refractivity contribution < 1.29 is 12.8 Å². The summed E-state index contributed by atoms with van der Waals surface area (Å²) in [6, 6.07) is 6.26. The molecule has 3 heterocycles. The Morgan fingerprint density at radius 3 is 2.56 bits per heavy atom. The maximum absolute atomic E-state index is 12.9. The van der Waals surface area contributed by atoms with Gasteiger partial charge in [0, 0.05) is 19.6 Å². The van der Waals surface area contributed by atoms with Gasteiger partial charge in [-0.3, -0.25) is 4.98 Å². The lowest BCUT2D eigenvalue weighted by molar-refractivity contribution is 0.335. The maximum Gasteiger partial charge on any atom is 0.282 e. The van der Waals surface area contributed by atoms with E-state index in [9.17, 15) is 12.8 Å². The number of hydrogen-bond donors (Lipinski definition) is 1. The summed E-state index contributed by atoms with van der Waals surface area (Å²) < 4.78 is 41.7. The van der Waals surface area contributed by atoms with Crippen LogP contribution in [0.15, 0.2) is 36.7 Å². The van der Waals surface area contributed by atoms with Gasteiger partial charge in [-0.2, -0.15) is 17.0 Å². The summed E-state index contributed by atoms with van der Waals surface area (Å²) in [5, 5.41) is 3.05. The molecule has 1 N–H and O–H groups in total. The van der Waals surface area contributed by atoms with E-state index in [-0.39, 0.29) is 6.04 Å². The molecule has 7 nitrogen and oxygen atoms in total. The zero-order valence-corrected chi connectivity index (χ0v) is 16.3. The van der Waals surface area contributed by atoms with Crippen molar-refractivity contribution in [1.82, 2.24) is 18.6 Å². The van der Waals surface area contributed by atoms with Gasteiger partial charge in [0.05, 0.1) is 29.8 Å². The van der Waals surface area contributed by atoms with Gasteiger partial charge in [0.15, 0.2) is 0 Å². The molecular weight excluding hydrogens is 369 g/mol. The topological polar surface area (TPSA) is 78.4 Å². The lowest BCUT2D eigenvalue weighted by Crippen LogP contribution is -2.43. The highest BCUT2D eigenvalue weighted by molar-refractivity contribution is 7.86. The molecule has 0 radical (unpaired) electrons. The average molecular weight is 393 g/mol. The third-order valence-electron chi connectivity index (χ3n) is 4.66. The lowest BCUT2D eigenvalue weighted by Gasteiger charge is -2.29. The molecule has 1 aliphatic rings. The Bertz CT molecular complexity index is 854. The summed E-state index contributed by atoms with van der Waals surface area (Å²) in [6.45, 7) is 5.08. The zero-order valence-electron chi connectivity index (χ0n) is 15.5. The first kappa shape index (κ1) is 19.7. The monoisotopic (exact) mass is 393 g/mol. The highest BCUT2D eigenvalue weighted by Crippen LogP contribution is 2.34. The lowest BCUT2D eigenvalue weighted by atomic mass is 10.1. The summed E-state index contributed by atoms with van der Waals surface area (Å²) in [6.07, 6.45) is 4.34. The molecule has 1 saturated heterocycles. The molecular formula is C18H24FN5O2S. The van der Waals surface area contributed by atoms with Gasteiger partial charge < -0.3 is 5.32 Å². The van der Waals surface area contributed by atoms with E-state index in [0.29, 0.717) is 31.1 Å². The molecule has 0 bridgehead atoms. The van der Waals surface area contributed by atoms with Crippen LogP contribution >= 0.6 is 0 Å². The number of rotatable bonds is 7. The van der Waals surface area contributed by atoms with E-state index in [1.54, 1.807) is 16.6 Å². The molecule has 0 amide bonds. The number of halogens is 1. The molecule has 9 heteroatoms. The molecule has 146 valence electrons. The zero-order chi connectivity index (χ0) is 19.4. The smallest absolute Gasteiger partial charge is 0.282 e. The van der Waals surface area contributed by atoms with Crippen molar-refractivity contribution in [1.29, 1.82) is 0 Å². The highest BCUT2D eigenvalue weighted by Gasteiger charge is 2.38. The molecule has 2 aromatic rings. The van der Waals surface area contributed by atoms with E-state index in [4.69, 9.17) is 0 Å². The number of pyridine rings is 2. The van der Waals surface area contributed by atoms with Crippen LogP contribution in [0.2, 0.25) is 0 Å². The minimum Gasteiger partial charge on any atom is -0.339 e. The quantitative estimate of drug-likeness (QED) is 0.782. The third kappa shape index (κ3) is 4.26. The number of aromatic nitrogens is 2. The van der Waals surface area contributed by atoms with E-state index in [1.165, 1.54) is 10.4 Å². The Hall–Kier alpha value is -2.10. The predicted molar refractivity (Wildman–Crippen MR) is 102 cm³/mol. The van der Waals surface area contributed by atoms with Crippen LogP contribution in [0.3, 0.4) is 0 Å². The summed E-state index contributed by atoms with van der Waals surface area (Å²) in [5.41, 5.74) is 1.43. The number of nitrogens with one attached hydrogen (secondary N) is 1. The Labute approximate surface area is 159 Å². The summed E-state index contributed by atoms with van der Waals surface area (Å²) >= 11 is 0. The molecule has 1 unspecified atom stereocenters.